The Kier molecular flexibility index (Phi) is 5.17. The van der Waals surface area contributed by atoms with Crippen LogP contribution in [-0.2, 0) is 16.1 Å². The van der Waals surface area contributed by atoms with E-state index in [1.807, 2.05) is 26.0 Å². The number of ketones is 1. The molecule has 1 fully saturated rings. The van der Waals surface area contributed by atoms with Crippen LogP contribution < -0.4 is 5.32 Å². The molecule has 0 spiro atoms. The monoisotopic (exact) mass is 292 g/mol. The quantitative estimate of drug-likeness (QED) is 0.796. The molecule has 0 saturated heterocycles. The summed E-state index contributed by atoms with van der Waals surface area (Å²) in [4.78, 5) is 25.9. The Bertz CT molecular complexity index is 478. The van der Waals surface area contributed by atoms with Gasteiger partial charge in [-0.2, -0.15) is 0 Å². The lowest BCUT2D eigenvalue weighted by Gasteiger charge is -2.24. The van der Waals surface area contributed by atoms with Crippen molar-refractivity contribution in [1.29, 1.82) is 0 Å². The first kappa shape index (κ1) is 15.8. The van der Waals surface area contributed by atoms with Gasteiger partial charge in [-0.15, -0.1) is 0 Å². The number of carbonyl (C=O) groups excluding carboxylic acids is 2. The maximum absolute atomic E-state index is 12.2. The first-order valence-electron chi connectivity index (χ1n) is 7.53. The minimum absolute atomic E-state index is 0.00218. The summed E-state index contributed by atoms with van der Waals surface area (Å²) in [6.07, 6.45) is 3.88. The molecule has 116 valence electrons. The predicted molar refractivity (Wildman–Crippen MR) is 79.6 cm³/mol. The lowest BCUT2D eigenvalue weighted by Crippen LogP contribution is -2.47. The largest absolute Gasteiger partial charge is 0.468 e. The maximum atomic E-state index is 12.2. The maximum Gasteiger partial charge on any atom is 0.234 e. The summed E-state index contributed by atoms with van der Waals surface area (Å²) in [7, 11) is 0. The fourth-order valence-electron chi connectivity index (χ4n) is 2.50. The molecule has 1 aromatic heterocycles. The zero-order valence-corrected chi connectivity index (χ0v) is 13.0. The Balaban J connectivity index is 1.90. The smallest absolute Gasteiger partial charge is 0.234 e. The van der Waals surface area contributed by atoms with Crippen molar-refractivity contribution in [3.63, 3.8) is 0 Å². The highest BCUT2D eigenvalue weighted by Gasteiger charge is 2.31. The molecule has 1 unspecified atom stereocenters. The summed E-state index contributed by atoms with van der Waals surface area (Å²) in [5.41, 5.74) is 0. The molecule has 1 aromatic rings. The van der Waals surface area contributed by atoms with Crippen LogP contribution in [0, 0.1) is 5.92 Å². The molecule has 0 bridgehead atoms. The standard InChI is InChI=1S/C16H24N2O3/c1-11(2)16(12(3)19)17-15(20)10-18(13-6-7-13)9-14-5-4-8-21-14/h4-5,8,11,13,16H,6-7,9-10H2,1-3H3,(H,17,20). The van der Waals surface area contributed by atoms with Gasteiger partial charge in [-0.1, -0.05) is 13.8 Å². The second kappa shape index (κ2) is 6.89. The van der Waals surface area contributed by atoms with Gasteiger partial charge in [0.15, 0.2) is 5.78 Å². The van der Waals surface area contributed by atoms with Crippen LogP contribution in [-0.4, -0.2) is 35.2 Å². The molecular formula is C16H24N2O3. The number of amides is 1. The van der Waals surface area contributed by atoms with Gasteiger partial charge >= 0.3 is 0 Å². The van der Waals surface area contributed by atoms with E-state index in [4.69, 9.17) is 4.42 Å². The van der Waals surface area contributed by atoms with E-state index >= 15 is 0 Å². The second-order valence-corrected chi connectivity index (χ2v) is 6.12. The Morgan fingerprint density at radius 2 is 2.14 bits per heavy atom. The van der Waals surface area contributed by atoms with Crippen molar-refractivity contribution in [1.82, 2.24) is 10.2 Å². The number of hydrogen-bond donors (Lipinski definition) is 1. The number of nitrogens with one attached hydrogen (secondary N) is 1. The number of Topliss-reactive ketones (excluding diaryl/α,β-unsaturated/α-hetero) is 1. The topological polar surface area (TPSA) is 62.6 Å². The van der Waals surface area contributed by atoms with E-state index < -0.39 is 6.04 Å². The number of furan rings is 1. The molecular weight excluding hydrogens is 268 g/mol. The van der Waals surface area contributed by atoms with Gasteiger partial charge in [0, 0.05) is 6.04 Å². The fraction of sp³-hybridized carbons (Fsp3) is 0.625. The molecule has 1 amide bonds. The van der Waals surface area contributed by atoms with Gasteiger partial charge in [0.1, 0.15) is 5.76 Å². The fourth-order valence-corrected chi connectivity index (χ4v) is 2.50. The van der Waals surface area contributed by atoms with Crippen LogP contribution in [0.1, 0.15) is 39.4 Å². The van der Waals surface area contributed by atoms with Gasteiger partial charge in [-0.3, -0.25) is 14.5 Å². The van der Waals surface area contributed by atoms with Crippen LogP contribution in [0.15, 0.2) is 22.8 Å². The second-order valence-electron chi connectivity index (χ2n) is 6.12. The lowest BCUT2D eigenvalue weighted by atomic mass is 10.0. The number of carbonyl (C=O) groups is 2. The molecule has 0 radical (unpaired) electrons. The molecule has 1 atom stereocenters. The van der Waals surface area contributed by atoms with E-state index in [1.54, 1.807) is 6.26 Å². The third-order valence-corrected chi connectivity index (χ3v) is 3.77. The average Bonchev–Trinajstić information content (AvgIpc) is 3.13. The van der Waals surface area contributed by atoms with Crippen LogP contribution in [0.25, 0.3) is 0 Å². The van der Waals surface area contributed by atoms with Gasteiger partial charge in [-0.05, 0) is 37.8 Å². The van der Waals surface area contributed by atoms with Crippen LogP contribution in [0.4, 0.5) is 0 Å². The predicted octanol–water partition coefficient (Wildman–Crippen LogP) is 1.97. The first-order chi connectivity index (χ1) is 9.97. The molecule has 1 aliphatic rings. The van der Waals surface area contributed by atoms with E-state index in [0.29, 0.717) is 19.1 Å². The molecule has 5 nitrogen and oxygen atoms in total. The lowest BCUT2D eigenvalue weighted by molar-refractivity contribution is -0.128. The minimum Gasteiger partial charge on any atom is -0.468 e. The van der Waals surface area contributed by atoms with Crippen LogP contribution >= 0.6 is 0 Å². The van der Waals surface area contributed by atoms with E-state index in [-0.39, 0.29) is 17.6 Å². The summed E-state index contributed by atoms with van der Waals surface area (Å²) < 4.78 is 5.35. The van der Waals surface area contributed by atoms with Gasteiger partial charge in [0.25, 0.3) is 0 Å². The molecule has 0 aromatic carbocycles. The molecule has 1 saturated carbocycles. The minimum atomic E-state index is -0.401. The van der Waals surface area contributed by atoms with Crippen molar-refractivity contribution in [2.24, 2.45) is 5.92 Å². The summed E-state index contributed by atoms with van der Waals surface area (Å²) in [5, 5.41) is 2.85. The summed E-state index contributed by atoms with van der Waals surface area (Å²) in [6.45, 7) is 6.34. The number of hydrogen-bond acceptors (Lipinski definition) is 4. The van der Waals surface area contributed by atoms with Gasteiger partial charge in [-0.25, -0.2) is 0 Å². The molecule has 1 aliphatic carbocycles. The van der Waals surface area contributed by atoms with Crippen molar-refractivity contribution in [3.05, 3.63) is 24.2 Å². The molecule has 5 heteroatoms. The van der Waals surface area contributed by atoms with E-state index in [9.17, 15) is 9.59 Å². The summed E-state index contributed by atoms with van der Waals surface area (Å²) in [5.74, 6) is 0.872. The number of nitrogens with zero attached hydrogens (tertiary/aromatic N) is 1. The Morgan fingerprint density at radius 1 is 1.43 bits per heavy atom. The molecule has 1 heterocycles. The van der Waals surface area contributed by atoms with Crippen molar-refractivity contribution in [3.8, 4) is 0 Å². The van der Waals surface area contributed by atoms with Gasteiger partial charge < -0.3 is 9.73 Å². The van der Waals surface area contributed by atoms with Crippen LogP contribution in [0.5, 0.6) is 0 Å². The summed E-state index contributed by atoms with van der Waals surface area (Å²) in [6, 6.07) is 3.82. The molecule has 2 rings (SSSR count). The van der Waals surface area contributed by atoms with Crippen molar-refractivity contribution < 1.29 is 14.0 Å². The zero-order valence-electron chi connectivity index (χ0n) is 13.0. The Hall–Kier alpha value is -1.62. The van der Waals surface area contributed by atoms with E-state index in [1.165, 1.54) is 6.92 Å². The van der Waals surface area contributed by atoms with Crippen molar-refractivity contribution in [2.45, 2.75) is 52.2 Å². The SMILES string of the molecule is CC(=O)C(NC(=O)CN(Cc1ccco1)C1CC1)C(C)C. The zero-order chi connectivity index (χ0) is 15.4. The molecule has 21 heavy (non-hydrogen) atoms. The Labute approximate surface area is 125 Å². The highest BCUT2D eigenvalue weighted by Crippen LogP contribution is 2.28. The highest BCUT2D eigenvalue weighted by atomic mass is 16.3. The third-order valence-electron chi connectivity index (χ3n) is 3.77. The van der Waals surface area contributed by atoms with Crippen LogP contribution in [0.2, 0.25) is 0 Å². The van der Waals surface area contributed by atoms with Crippen molar-refractivity contribution in [2.75, 3.05) is 6.54 Å². The normalized spacial score (nSPS) is 16.2. The molecule has 0 aliphatic heterocycles. The van der Waals surface area contributed by atoms with Crippen molar-refractivity contribution >= 4 is 11.7 Å². The molecule has 1 N–H and O–H groups in total. The Morgan fingerprint density at radius 3 is 2.62 bits per heavy atom. The van der Waals surface area contributed by atoms with Crippen LogP contribution in [0.3, 0.4) is 0 Å². The van der Waals surface area contributed by atoms with Gasteiger partial charge in [0.2, 0.25) is 5.91 Å². The average molecular weight is 292 g/mol. The highest BCUT2D eigenvalue weighted by molar-refractivity contribution is 5.88. The number of rotatable bonds is 8. The van der Waals surface area contributed by atoms with E-state index in [0.717, 1.165) is 18.6 Å². The van der Waals surface area contributed by atoms with E-state index in [2.05, 4.69) is 10.2 Å². The third kappa shape index (κ3) is 4.70. The summed E-state index contributed by atoms with van der Waals surface area (Å²) >= 11 is 0. The van der Waals surface area contributed by atoms with Gasteiger partial charge in [0.05, 0.1) is 25.4 Å². The first-order valence-corrected chi connectivity index (χ1v) is 7.53.